The molecule has 0 radical (unpaired) electrons. The van der Waals surface area contributed by atoms with Crippen LogP contribution in [-0.4, -0.2) is 31.6 Å². The first-order valence-corrected chi connectivity index (χ1v) is 9.68. The van der Waals surface area contributed by atoms with Crippen molar-refractivity contribution in [2.45, 2.75) is 38.5 Å². The van der Waals surface area contributed by atoms with Crippen LogP contribution in [0.15, 0.2) is 18.2 Å². The van der Waals surface area contributed by atoms with Gasteiger partial charge in [-0.25, -0.2) is 0 Å². The van der Waals surface area contributed by atoms with E-state index in [1.165, 1.54) is 25.7 Å². The molecular formula is C20H26N2O4. The summed E-state index contributed by atoms with van der Waals surface area (Å²) in [7, 11) is 0. The lowest BCUT2D eigenvalue weighted by atomic mass is 9.86. The maximum atomic E-state index is 12.1. The lowest BCUT2D eigenvalue weighted by Gasteiger charge is -2.21. The predicted octanol–water partition coefficient (Wildman–Crippen LogP) is 2.73. The molecule has 2 saturated carbocycles. The van der Waals surface area contributed by atoms with Crippen molar-refractivity contribution < 1.29 is 19.1 Å². The average molecular weight is 358 g/mol. The molecule has 1 heterocycles. The fourth-order valence-electron chi connectivity index (χ4n) is 4.61. The van der Waals surface area contributed by atoms with E-state index in [0.717, 1.165) is 30.6 Å². The Morgan fingerprint density at radius 1 is 1.04 bits per heavy atom. The topological polar surface area (TPSA) is 76.7 Å². The molecular weight excluding hydrogens is 332 g/mol. The summed E-state index contributed by atoms with van der Waals surface area (Å²) in [5, 5.41) is 5.39. The smallest absolute Gasteiger partial charge is 0.313 e. The monoisotopic (exact) mass is 358 g/mol. The Bertz CT molecular complexity index is 690. The highest BCUT2D eigenvalue weighted by atomic mass is 16.5. The minimum absolute atomic E-state index is 0.530. The third kappa shape index (κ3) is 3.79. The molecule has 3 unspecified atom stereocenters. The molecule has 2 aliphatic carbocycles. The van der Waals surface area contributed by atoms with Gasteiger partial charge in [0, 0.05) is 24.7 Å². The van der Waals surface area contributed by atoms with E-state index in [2.05, 4.69) is 10.6 Å². The van der Waals surface area contributed by atoms with Crippen LogP contribution in [0.3, 0.4) is 0 Å². The summed E-state index contributed by atoms with van der Waals surface area (Å²) < 4.78 is 11.2. The number of hydrogen-bond donors (Lipinski definition) is 2. The first-order valence-electron chi connectivity index (χ1n) is 9.68. The van der Waals surface area contributed by atoms with E-state index in [-0.39, 0.29) is 0 Å². The summed E-state index contributed by atoms with van der Waals surface area (Å²) in [6.45, 7) is 1.76. The zero-order valence-electron chi connectivity index (χ0n) is 15.0. The summed E-state index contributed by atoms with van der Waals surface area (Å²) in [5.41, 5.74) is 0.530. The van der Waals surface area contributed by atoms with Crippen LogP contribution in [0, 0.1) is 17.8 Å². The highest BCUT2D eigenvalue weighted by molar-refractivity contribution is 6.39. The molecule has 0 spiro atoms. The molecule has 0 saturated heterocycles. The molecule has 6 nitrogen and oxygen atoms in total. The van der Waals surface area contributed by atoms with Crippen LogP contribution in [0.5, 0.6) is 11.5 Å². The highest BCUT2D eigenvalue weighted by Crippen LogP contribution is 2.49. The third-order valence-electron chi connectivity index (χ3n) is 5.90. The summed E-state index contributed by atoms with van der Waals surface area (Å²) >= 11 is 0. The molecule has 2 bridgehead atoms. The Hall–Kier alpha value is -2.24. The predicted molar refractivity (Wildman–Crippen MR) is 97.2 cm³/mol. The highest BCUT2D eigenvalue weighted by Gasteiger charge is 2.38. The number of nitrogens with one attached hydrogen (secondary N) is 2. The van der Waals surface area contributed by atoms with Crippen LogP contribution in [0.1, 0.15) is 38.5 Å². The fourth-order valence-corrected chi connectivity index (χ4v) is 4.61. The number of amides is 2. The molecule has 1 aromatic carbocycles. The Morgan fingerprint density at radius 3 is 2.65 bits per heavy atom. The van der Waals surface area contributed by atoms with Crippen molar-refractivity contribution in [2.24, 2.45) is 17.8 Å². The van der Waals surface area contributed by atoms with Gasteiger partial charge in [0.25, 0.3) is 0 Å². The van der Waals surface area contributed by atoms with Crippen LogP contribution in [0.2, 0.25) is 0 Å². The number of carbonyl (C=O) groups is 2. The summed E-state index contributed by atoms with van der Waals surface area (Å²) in [6.07, 6.45) is 7.18. The van der Waals surface area contributed by atoms with Gasteiger partial charge in [0.05, 0.1) is 13.2 Å². The van der Waals surface area contributed by atoms with E-state index >= 15 is 0 Å². The number of ether oxygens (including phenoxy) is 2. The van der Waals surface area contributed by atoms with E-state index in [1.807, 2.05) is 0 Å². The minimum atomic E-state index is -0.646. The first-order chi connectivity index (χ1) is 12.7. The molecule has 26 heavy (non-hydrogen) atoms. The van der Waals surface area contributed by atoms with Gasteiger partial charge in [-0.15, -0.1) is 0 Å². The van der Waals surface area contributed by atoms with Gasteiger partial charge in [-0.1, -0.05) is 6.42 Å². The zero-order valence-corrected chi connectivity index (χ0v) is 15.0. The van der Waals surface area contributed by atoms with Gasteiger partial charge in [-0.05, 0) is 55.6 Å². The number of benzene rings is 1. The molecule has 4 rings (SSSR count). The molecule has 140 valence electrons. The Morgan fingerprint density at radius 2 is 1.88 bits per heavy atom. The van der Waals surface area contributed by atoms with Gasteiger partial charge in [0.15, 0.2) is 11.5 Å². The number of rotatable bonds is 4. The van der Waals surface area contributed by atoms with Crippen LogP contribution < -0.4 is 20.1 Å². The van der Waals surface area contributed by atoms with Crippen molar-refractivity contribution in [2.75, 3.05) is 25.1 Å². The van der Waals surface area contributed by atoms with Crippen molar-refractivity contribution >= 4 is 17.5 Å². The number of carbonyl (C=O) groups excluding carboxylic acids is 2. The molecule has 6 heteroatoms. The van der Waals surface area contributed by atoms with Crippen molar-refractivity contribution in [3.8, 4) is 11.5 Å². The van der Waals surface area contributed by atoms with E-state index in [4.69, 9.17) is 9.47 Å². The number of fused-ring (bicyclic) bond motifs is 3. The van der Waals surface area contributed by atoms with Crippen LogP contribution in [0.25, 0.3) is 0 Å². The number of anilines is 1. The maximum absolute atomic E-state index is 12.1. The third-order valence-corrected chi connectivity index (χ3v) is 5.90. The second-order valence-corrected chi connectivity index (χ2v) is 7.65. The van der Waals surface area contributed by atoms with Crippen molar-refractivity contribution in [1.82, 2.24) is 5.32 Å². The molecule has 3 atom stereocenters. The largest absolute Gasteiger partial charge is 0.490 e. The van der Waals surface area contributed by atoms with Crippen LogP contribution in [-0.2, 0) is 9.59 Å². The van der Waals surface area contributed by atoms with Crippen LogP contribution in [0.4, 0.5) is 5.69 Å². The first kappa shape index (κ1) is 17.2. The summed E-state index contributed by atoms with van der Waals surface area (Å²) in [4.78, 5) is 24.2. The Balaban J connectivity index is 1.25. The average Bonchev–Trinajstić information content (AvgIpc) is 3.18. The molecule has 2 fully saturated rings. The second kappa shape index (κ2) is 7.56. The van der Waals surface area contributed by atoms with Crippen LogP contribution >= 0.6 is 0 Å². The van der Waals surface area contributed by atoms with E-state index in [0.29, 0.717) is 36.9 Å². The molecule has 3 aliphatic rings. The minimum Gasteiger partial charge on any atom is -0.490 e. The number of hydrogen-bond acceptors (Lipinski definition) is 4. The Kier molecular flexibility index (Phi) is 5.00. The quantitative estimate of drug-likeness (QED) is 0.812. The fraction of sp³-hybridized carbons (Fsp3) is 0.600. The van der Waals surface area contributed by atoms with Gasteiger partial charge in [0.1, 0.15) is 0 Å². The lowest BCUT2D eigenvalue weighted by Crippen LogP contribution is -2.36. The van der Waals surface area contributed by atoms with E-state index in [9.17, 15) is 9.59 Å². The molecule has 2 N–H and O–H groups in total. The van der Waals surface area contributed by atoms with Gasteiger partial charge >= 0.3 is 11.8 Å². The molecule has 2 amide bonds. The van der Waals surface area contributed by atoms with Crippen molar-refractivity contribution in [3.63, 3.8) is 0 Å². The van der Waals surface area contributed by atoms with Gasteiger partial charge in [0.2, 0.25) is 0 Å². The molecule has 1 aliphatic heterocycles. The second-order valence-electron chi connectivity index (χ2n) is 7.65. The summed E-state index contributed by atoms with van der Waals surface area (Å²) in [6, 6.07) is 5.17. The Labute approximate surface area is 153 Å². The molecule has 1 aromatic rings. The van der Waals surface area contributed by atoms with Gasteiger partial charge < -0.3 is 20.1 Å². The van der Waals surface area contributed by atoms with Gasteiger partial charge in [-0.2, -0.15) is 0 Å². The standard InChI is InChI=1S/C20H26N2O4/c23-19(21-7-6-15-11-13-2-3-14(15)10-13)20(24)22-16-4-5-17-18(12-16)26-9-1-8-25-17/h4-5,12-15H,1-3,6-11H2,(H,21,23)(H,22,24). The van der Waals surface area contributed by atoms with E-state index < -0.39 is 11.8 Å². The maximum Gasteiger partial charge on any atom is 0.313 e. The normalized spacial score (nSPS) is 26.2. The van der Waals surface area contributed by atoms with Gasteiger partial charge in [-0.3, -0.25) is 9.59 Å². The molecule has 0 aromatic heterocycles. The van der Waals surface area contributed by atoms with Crippen molar-refractivity contribution in [3.05, 3.63) is 18.2 Å². The lowest BCUT2D eigenvalue weighted by molar-refractivity contribution is -0.136. The van der Waals surface area contributed by atoms with E-state index in [1.54, 1.807) is 18.2 Å². The van der Waals surface area contributed by atoms with Crippen molar-refractivity contribution in [1.29, 1.82) is 0 Å². The summed E-state index contributed by atoms with van der Waals surface area (Å²) in [5.74, 6) is 2.50. The SMILES string of the molecule is O=C(NCCC1CC2CCC1C2)C(=O)Nc1ccc2c(c1)OCCCO2. The zero-order chi connectivity index (χ0) is 17.9.